The van der Waals surface area contributed by atoms with E-state index in [0.717, 1.165) is 5.56 Å². The summed E-state index contributed by atoms with van der Waals surface area (Å²) in [5, 5.41) is 3.80. The number of cyclic esters (lactones) is 1. The minimum absolute atomic E-state index is 0.206. The highest BCUT2D eigenvalue weighted by Crippen LogP contribution is 2.31. The molecule has 2 unspecified atom stereocenters. The lowest BCUT2D eigenvalue weighted by atomic mass is 10.0. The first-order valence-electron chi connectivity index (χ1n) is 4.50. The summed E-state index contributed by atoms with van der Waals surface area (Å²) in [5.74, 6) is 0. The molecule has 3 nitrogen and oxygen atoms in total. The van der Waals surface area contributed by atoms with E-state index in [0.29, 0.717) is 10.0 Å². The SMILES string of the molecule is CC1OC(=O)NC1c1ccc(Cl)cc1Cl. The van der Waals surface area contributed by atoms with Crippen molar-refractivity contribution < 1.29 is 9.53 Å². The van der Waals surface area contributed by atoms with Crippen LogP contribution in [0.1, 0.15) is 18.5 Å². The highest BCUT2D eigenvalue weighted by atomic mass is 35.5. The van der Waals surface area contributed by atoms with Gasteiger partial charge in [-0.2, -0.15) is 0 Å². The lowest BCUT2D eigenvalue weighted by Crippen LogP contribution is -2.21. The Kier molecular flexibility index (Phi) is 2.76. The molecule has 1 aliphatic rings. The number of rotatable bonds is 1. The molecule has 1 heterocycles. The van der Waals surface area contributed by atoms with Crippen LogP contribution >= 0.6 is 23.2 Å². The van der Waals surface area contributed by atoms with Crippen molar-refractivity contribution in [2.24, 2.45) is 0 Å². The van der Waals surface area contributed by atoms with Crippen LogP contribution in [0.2, 0.25) is 10.0 Å². The Bertz CT molecular complexity index is 408. The van der Waals surface area contributed by atoms with E-state index < -0.39 is 6.09 Å². The highest BCUT2D eigenvalue weighted by molar-refractivity contribution is 6.35. The number of amides is 1. The molecule has 15 heavy (non-hydrogen) atoms. The Morgan fingerprint density at radius 2 is 2.13 bits per heavy atom. The second kappa shape index (κ2) is 3.91. The normalized spacial score (nSPS) is 24.9. The fourth-order valence-electron chi connectivity index (χ4n) is 1.60. The van der Waals surface area contributed by atoms with Crippen LogP contribution in [0.4, 0.5) is 4.79 Å². The van der Waals surface area contributed by atoms with Gasteiger partial charge in [0.05, 0.1) is 6.04 Å². The third kappa shape index (κ3) is 2.03. The van der Waals surface area contributed by atoms with Gasteiger partial charge in [0.15, 0.2) is 0 Å². The molecule has 0 bridgehead atoms. The van der Waals surface area contributed by atoms with Gasteiger partial charge >= 0.3 is 6.09 Å². The van der Waals surface area contributed by atoms with Crippen LogP contribution in [-0.2, 0) is 4.74 Å². The Morgan fingerprint density at radius 1 is 1.40 bits per heavy atom. The van der Waals surface area contributed by atoms with Crippen molar-refractivity contribution in [3.63, 3.8) is 0 Å². The summed E-state index contributed by atoms with van der Waals surface area (Å²) in [4.78, 5) is 11.0. The number of hydrogen-bond donors (Lipinski definition) is 1. The third-order valence-electron chi connectivity index (χ3n) is 2.33. The minimum Gasteiger partial charge on any atom is -0.444 e. The molecule has 0 radical (unpaired) electrons. The molecule has 0 aliphatic carbocycles. The molecule has 1 aromatic rings. The molecule has 2 atom stereocenters. The summed E-state index contributed by atoms with van der Waals surface area (Å²) in [6, 6.07) is 4.97. The number of hydrogen-bond acceptors (Lipinski definition) is 2. The van der Waals surface area contributed by atoms with E-state index in [-0.39, 0.29) is 12.1 Å². The van der Waals surface area contributed by atoms with Crippen molar-refractivity contribution in [2.75, 3.05) is 0 Å². The van der Waals surface area contributed by atoms with Gasteiger partial charge in [-0.3, -0.25) is 0 Å². The maximum atomic E-state index is 11.0. The van der Waals surface area contributed by atoms with Gasteiger partial charge in [0.2, 0.25) is 0 Å². The van der Waals surface area contributed by atoms with Crippen molar-refractivity contribution in [3.8, 4) is 0 Å². The maximum absolute atomic E-state index is 11.0. The zero-order valence-electron chi connectivity index (χ0n) is 7.96. The monoisotopic (exact) mass is 245 g/mol. The third-order valence-corrected chi connectivity index (χ3v) is 2.90. The van der Waals surface area contributed by atoms with Gasteiger partial charge in [0.25, 0.3) is 0 Å². The molecule has 80 valence electrons. The first-order valence-corrected chi connectivity index (χ1v) is 5.25. The van der Waals surface area contributed by atoms with Gasteiger partial charge in [0, 0.05) is 10.0 Å². The van der Waals surface area contributed by atoms with E-state index in [4.69, 9.17) is 27.9 Å². The number of carbonyl (C=O) groups excluding carboxylic acids is 1. The second-order valence-electron chi connectivity index (χ2n) is 3.40. The van der Waals surface area contributed by atoms with Crippen molar-refractivity contribution in [1.82, 2.24) is 5.32 Å². The number of ether oxygens (including phenoxy) is 1. The van der Waals surface area contributed by atoms with Gasteiger partial charge in [-0.25, -0.2) is 4.79 Å². The number of carbonyl (C=O) groups is 1. The zero-order valence-corrected chi connectivity index (χ0v) is 9.47. The van der Waals surface area contributed by atoms with Crippen LogP contribution in [0.3, 0.4) is 0 Å². The topological polar surface area (TPSA) is 38.3 Å². The molecule has 0 spiro atoms. The Hall–Kier alpha value is -0.930. The van der Waals surface area contributed by atoms with Gasteiger partial charge in [0.1, 0.15) is 6.10 Å². The summed E-state index contributed by atoms with van der Waals surface area (Å²) >= 11 is 11.8. The summed E-state index contributed by atoms with van der Waals surface area (Å²) in [5.41, 5.74) is 0.819. The van der Waals surface area contributed by atoms with Crippen LogP contribution < -0.4 is 5.32 Å². The molecular formula is C10H9Cl2NO2. The molecule has 0 aromatic heterocycles. The lowest BCUT2D eigenvalue weighted by Gasteiger charge is -2.14. The molecule has 5 heteroatoms. The van der Waals surface area contributed by atoms with E-state index in [1.165, 1.54) is 0 Å². The first-order chi connectivity index (χ1) is 7.08. The van der Waals surface area contributed by atoms with E-state index in [2.05, 4.69) is 5.32 Å². The van der Waals surface area contributed by atoms with Crippen LogP contribution in [0.5, 0.6) is 0 Å². The predicted molar refractivity (Wildman–Crippen MR) is 58.3 cm³/mol. The van der Waals surface area contributed by atoms with Crippen molar-refractivity contribution in [3.05, 3.63) is 33.8 Å². The number of halogens is 2. The lowest BCUT2D eigenvalue weighted by molar-refractivity contribution is 0.141. The van der Waals surface area contributed by atoms with Crippen LogP contribution in [0, 0.1) is 0 Å². The molecule has 2 rings (SSSR count). The van der Waals surface area contributed by atoms with Gasteiger partial charge in [-0.05, 0) is 24.6 Å². The first kappa shape index (κ1) is 10.6. The second-order valence-corrected chi connectivity index (χ2v) is 4.24. The number of nitrogens with one attached hydrogen (secondary N) is 1. The van der Waals surface area contributed by atoms with Crippen molar-refractivity contribution >= 4 is 29.3 Å². The quantitative estimate of drug-likeness (QED) is 0.826. The Labute approximate surface area is 97.3 Å². The molecular weight excluding hydrogens is 237 g/mol. The highest BCUT2D eigenvalue weighted by Gasteiger charge is 2.32. The fourth-order valence-corrected chi connectivity index (χ4v) is 2.13. The maximum Gasteiger partial charge on any atom is 0.408 e. The van der Waals surface area contributed by atoms with Crippen LogP contribution in [0.25, 0.3) is 0 Å². The van der Waals surface area contributed by atoms with Crippen molar-refractivity contribution in [1.29, 1.82) is 0 Å². The average Bonchev–Trinajstić information content (AvgIpc) is 2.45. The van der Waals surface area contributed by atoms with Gasteiger partial charge in [-0.15, -0.1) is 0 Å². The van der Waals surface area contributed by atoms with Gasteiger partial charge < -0.3 is 10.1 Å². The summed E-state index contributed by atoms with van der Waals surface area (Å²) < 4.78 is 4.97. The van der Waals surface area contributed by atoms with Crippen molar-refractivity contribution in [2.45, 2.75) is 19.1 Å². The molecule has 1 N–H and O–H groups in total. The van der Waals surface area contributed by atoms with Gasteiger partial charge in [-0.1, -0.05) is 29.3 Å². The predicted octanol–water partition coefficient (Wildman–Crippen LogP) is 3.16. The number of benzene rings is 1. The summed E-state index contributed by atoms with van der Waals surface area (Å²) in [7, 11) is 0. The minimum atomic E-state index is -0.418. The molecule has 1 amide bonds. The average molecular weight is 246 g/mol. The largest absolute Gasteiger partial charge is 0.444 e. The van der Waals surface area contributed by atoms with E-state index in [1.54, 1.807) is 18.2 Å². The van der Waals surface area contributed by atoms with E-state index in [1.807, 2.05) is 6.92 Å². The summed E-state index contributed by atoms with van der Waals surface area (Å²) in [6.45, 7) is 1.81. The van der Waals surface area contributed by atoms with E-state index >= 15 is 0 Å². The molecule has 1 aromatic carbocycles. The Balaban J connectivity index is 2.33. The number of alkyl carbamates (subject to hydrolysis) is 1. The Morgan fingerprint density at radius 3 is 2.67 bits per heavy atom. The molecule has 1 saturated heterocycles. The fraction of sp³-hybridized carbons (Fsp3) is 0.300. The zero-order chi connectivity index (χ0) is 11.0. The standard InChI is InChI=1S/C10H9Cl2NO2/c1-5-9(13-10(14)15-5)7-3-2-6(11)4-8(7)12/h2-5,9H,1H3,(H,13,14). The summed E-state index contributed by atoms with van der Waals surface area (Å²) in [6.07, 6.45) is -0.644. The molecule has 1 fully saturated rings. The smallest absolute Gasteiger partial charge is 0.408 e. The van der Waals surface area contributed by atoms with Crippen LogP contribution in [-0.4, -0.2) is 12.2 Å². The van der Waals surface area contributed by atoms with E-state index in [9.17, 15) is 4.79 Å². The molecule has 1 aliphatic heterocycles. The van der Waals surface area contributed by atoms with Crippen LogP contribution in [0.15, 0.2) is 18.2 Å². The molecule has 0 saturated carbocycles.